The summed E-state index contributed by atoms with van der Waals surface area (Å²) in [5.74, 6) is 0.184. The summed E-state index contributed by atoms with van der Waals surface area (Å²) in [5.41, 5.74) is 1.28. The molecule has 1 fully saturated rings. The van der Waals surface area contributed by atoms with Crippen LogP contribution in [-0.4, -0.2) is 36.6 Å². The maximum Gasteiger partial charge on any atom is 0.290 e. The molecule has 94 valence electrons. The van der Waals surface area contributed by atoms with E-state index in [2.05, 4.69) is 11.1 Å². The van der Waals surface area contributed by atoms with Crippen molar-refractivity contribution >= 4 is 6.47 Å². The molecule has 0 saturated heterocycles. The fourth-order valence-electron chi connectivity index (χ4n) is 1.96. The van der Waals surface area contributed by atoms with Gasteiger partial charge in [0, 0.05) is 39.5 Å². The third kappa shape index (κ3) is 3.25. The van der Waals surface area contributed by atoms with Gasteiger partial charge in [-0.1, -0.05) is 6.07 Å². The molecule has 0 atom stereocenters. The van der Waals surface area contributed by atoms with E-state index in [1.807, 2.05) is 12.3 Å². The van der Waals surface area contributed by atoms with Crippen LogP contribution in [0, 0.1) is 0 Å². The van der Waals surface area contributed by atoms with Crippen LogP contribution in [0.25, 0.3) is 0 Å². The monoisotopic (exact) mass is 239 g/mol. The van der Waals surface area contributed by atoms with Gasteiger partial charge in [0.25, 0.3) is 6.47 Å². The molecule has 2 rings (SSSR count). The number of pyridine rings is 1. The van der Waals surface area contributed by atoms with E-state index < -0.39 is 0 Å². The standard InChI is InChI=1S/C11H15NO2.CH2O2/c1-13-11(14-2)6-10(7-11)9-4-3-5-12-8-9;2-1-3/h3-5,8,10H,6-7H2,1-2H3;1H,(H,2,3). The van der Waals surface area contributed by atoms with Crippen molar-refractivity contribution in [1.29, 1.82) is 0 Å². The molecule has 0 aromatic carbocycles. The van der Waals surface area contributed by atoms with Gasteiger partial charge in [-0.25, -0.2) is 0 Å². The lowest BCUT2D eigenvalue weighted by molar-refractivity contribution is -0.257. The van der Waals surface area contributed by atoms with Gasteiger partial charge in [0.2, 0.25) is 0 Å². The fourth-order valence-corrected chi connectivity index (χ4v) is 1.96. The third-order valence-corrected chi connectivity index (χ3v) is 3.01. The number of ether oxygens (including phenoxy) is 2. The first-order chi connectivity index (χ1) is 8.21. The van der Waals surface area contributed by atoms with Crippen LogP contribution in [0.1, 0.15) is 24.3 Å². The van der Waals surface area contributed by atoms with Gasteiger partial charge < -0.3 is 14.6 Å². The van der Waals surface area contributed by atoms with Crippen LogP contribution >= 0.6 is 0 Å². The number of methoxy groups -OCH3 is 2. The van der Waals surface area contributed by atoms with Gasteiger partial charge in [-0.05, 0) is 17.5 Å². The van der Waals surface area contributed by atoms with Crippen LogP contribution < -0.4 is 0 Å². The Bertz CT molecular complexity index is 330. The molecular formula is C12H17NO4. The zero-order chi connectivity index (χ0) is 12.7. The predicted molar refractivity (Wildman–Crippen MR) is 61.7 cm³/mol. The highest BCUT2D eigenvalue weighted by atomic mass is 16.7. The summed E-state index contributed by atoms with van der Waals surface area (Å²) in [6.07, 6.45) is 5.55. The second-order valence-electron chi connectivity index (χ2n) is 3.82. The van der Waals surface area contributed by atoms with E-state index in [1.165, 1.54) is 5.56 Å². The Balaban J connectivity index is 0.000000437. The zero-order valence-electron chi connectivity index (χ0n) is 10.00. The van der Waals surface area contributed by atoms with E-state index in [9.17, 15) is 0 Å². The molecule has 0 spiro atoms. The number of carboxylic acid groups (broad SMARTS) is 1. The van der Waals surface area contributed by atoms with Crippen LogP contribution in [0.3, 0.4) is 0 Å². The molecule has 0 radical (unpaired) electrons. The van der Waals surface area contributed by atoms with Crippen molar-refractivity contribution in [3.8, 4) is 0 Å². The number of hydrogen-bond acceptors (Lipinski definition) is 4. The van der Waals surface area contributed by atoms with Crippen molar-refractivity contribution in [2.45, 2.75) is 24.5 Å². The molecule has 5 heteroatoms. The normalized spacial score (nSPS) is 17.5. The highest BCUT2D eigenvalue weighted by molar-refractivity contribution is 5.32. The number of hydrogen-bond donors (Lipinski definition) is 1. The van der Waals surface area contributed by atoms with Crippen molar-refractivity contribution in [2.75, 3.05) is 14.2 Å². The van der Waals surface area contributed by atoms with Gasteiger partial charge in [-0.3, -0.25) is 9.78 Å². The topological polar surface area (TPSA) is 68.7 Å². The second kappa shape index (κ2) is 6.32. The number of nitrogens with zero attached hydrogens (tertiary/aromatic N) is 1. The van der Waals surface area contributed by atoms with Crippen molar-refractivity contribution in [1.82, 2.24) is 4.98 Å². The molecule has 17 heavy (non-hydrogen) atoms. The summed E-state index contributed by atoms with van der Waals surface area (Å²) < 4.78 is 10.7. The zero-order valence-corrected chi connectivity index (χ0v) is 10.00. The number of aromatic nitrogens is 1. The Morgan fingerprint density at radius 2 is 2.06 bits per heavy atom. The van der Waals surface area contributed by atoms with Crippen molar-refractivity contribution in [3.63, 3.8) is 0 Å². The molecule has 0 bridgehead atoms. The van der Waals surface area contributed by atoms with Gasteiger partial charge in [0.1, 0.15) is 0 Å². The minimum atomic E-state index is -0.347. The molecule has 1 N–H and O–H groups in total. The maximum atomic E-state index is 8.36. The summed E-state index contributed by atoms with van der Waals surface area (Å²) >= 11 is 0. The molecule has 1 aliphatic rings. The van der Waals surface area contributed by atoms with E-state index >= 15 is 0 Å². The lowest BCUT2D eigenvalue weighted by Crippen LogP contribution is -2.45. The second-order valence-corrected chi connectivity index (χ2v) is 3.82. The highest BCUT2D eigenvalue weighted by Gasteiger charge is 2.45. The molecule has 5 nitrogen and oxygen atoms in total. The Morgan fingerprint density at radius 1 is 1.47 bits per heavy atom. The third-order valence-electron chi connectivity index (χ3n) is 3.01. The summed E-state index contributed by atoms with van der Waals surface area (Å²) in [7, 11) is 3.39. The van der Waals surface area contributed by atoms with Crippen LogP contribution in [0.15, 0.2) is 24.5 Å². The predicted octanol–water partition coefficient (Wildman–Crippen LogP) is 1.65. The highest BCUT2D eigenvalue weighted by Crippen LogP contribution is 2.46. The van der Waals surface area contributed by atoms with Gasteiger partial charge in [0.05, 0.1) is 0 Å². The molecule has 1 heterocycles. The molecule has 0 amide bonds. The molecular weight excluding hydrogens is 222 g/mol. The lowest BCUT2D eigenvalue weighted by Gasteiger charge is -2.45. The van der Waals surface area contributed by atoms with Crippen LogP contribution in [-0.2, 0) is 14.3 Å². The summed E-state index contributed by atoms with van der Waals surface area (Å²) in [6.45, 7) is -0.250. The Hall–Kier alpha value is -1.46. The van der Waals surface area contributed by atoms with Gasteiger partial charge in [-0.15, -0.1) is 0 Å². The van der Waals surface area contributed by atoms with Gasteiger partial charge in [-0.2, -0.15) is 0 Å². The van der Waals surface area contributed by atoms with Gasteiger partial charge in [0.15, 0.2) is 5.79 Å². The molecule has 0 unspecified atom stereocenters. The van der Waals surface area contributed by atoms with Crippen molar-refractivity contribution in [3.05, 3.63) is 30.1 Å². The van der Waals surface area contributed by atoms with Gasteiger partial charge >= 0.3 is 0 Å². The van der Waals surface area contributed by atoms with Crippen LogP contribution in [0.5, 0.6) is 0 Å². The summed E-state index contributed by atoms with van der Waals surface area (Å²) in [6, 6.07) is 4.07. The lowest BCUT2D eigenvalue weighted by atomic mass is 9.75. The fraction of sp³-hybridized carbons (Fsp3) is 0.500. The minimum absolute atomic E-state index is 0.250. The first-order valence-electron chi connectivity index (χ1n) is 5.29. The maximum absolute atomic E-state index is 8.36. The number of carbonyl (C=O) groups is 1. The molecule has 1 saturated carbocycles. The average Bonchev–Trinajstić information content (AvgIpc) is 2.31. The van der Waals surface area contributed by atoms with Crippen LogP contribution in [0.4, 0.5) is 0 Å². The molecule has 0 aliphatic heterocycles. The van der Waals surface area contributed by atoms with E-state index in [1.54, 1.807) is 20.4 Å². The largest absolute Gasteiger partial charge is 0.483 e. The first-order valence-corrected chi connectivity index (χ1v) is 5.29. The van der Waals surface area contributed by atoms with E-state index in [0.717, 1.165) is 12.8 Å². The molecule has 1 aromatic heterocycles. The summed E-state index contributed by atoms with van der Waals surface area (Å²) in [5, 5.41) is 6.89. The van der Waals surface area contributed by atoms with Crippen molar-refractivity contribution in [2.24, 2.45) is 0 Å². The smallest absolute Gasteiger partial charge is 0.290 e. The Kier molecular flexibility index (Phi) is 5.06. The summed E-state index contributed by atoms with van der Waals surface area (Å²) in [4.78, 5) is 12.5. The van der Waals surface area contributed by atoms with E-state index in [-0.39, 0.29) is 12.3 Å². The molecule has 1 aromatic rings. The first kappa shape index (κ1) is 13.6. The SMILES string of the molecule is COC1(OC)CC(c2cccnc2)C1.O=CO. The van der Waals surface area contributed by atoms with E-state index in [4.69, 9.17) is 19.4 Å². The van der Waals surface area contributed by atoms with E-state index in [0.29, 0.717) is 5.92 Å². The van der Waals surface area contributed by atoms with Crippen molar-refractivity contribution < 1.29 is 19.4 Å². The van der Waals surface area contributed by atoms with Crippen LogP contribution in [0.2, 0.25) is 0 Å². The molecule has 1 aliphatic carbocycles. The quantitative estimate of drug-likeness (QED) is 0.641. The Morgan fingerprint density at radius 3 is 2.47 bits per heavy atom. The number of rotatable bonds is 3. The Labute approximate surface area is 100 Å². The average molecular weight is 239 g/mol. The minimum Gasteiger partial charge on any atom is -0.483 e.